The summed E-state index contributed by atoms with van der Waals surface area (Å²) in [6, 6.07) is 0. The van der Waals surface area contributed by atoms with Crippen LogP contribution in [0.4, 0.5) is 0 Å². The molecule has 0 aliphatic heterocycles. The first-order valence-electron chi connectivity index (χ1n) is 45.8. The average Bonchev–Trinajstić information content (AvgIpc) is 0.893. The molecule has 0 aromatic heterocycles. The first-order valence-corrected chi connectivity index (χ1v) is 48.8. The van der Waals surface area contributed by atoms with Gasteiger partial charge in [-0.05, 0) is 49.4 Å². The largest absolute Gasteiger partial charge is 0.472 e. The number of phosphoric acid groups is 2. The fourth-order valence-corrected chi connectivity index (χ4v) is 15.4. The second-order valence-corrected chi connectivity index (χ2v) is 36.3. The van der Waals surface area contributed by atoms with Crippen molar-refractivity contribution in [1.29, 1.82) is 0 Å². The Labute approximate surface area is 664 Å². The van der Waals surface area contributed by atoms with E-state index in [0.717, 1.165) is 114 Å². The zero-order valence-electron chi connectivity index (χ0n) is 71.5. The van der Waals surface area contributed by atoms with Crippen LogP contribution >= 0.6 is 15.6 Å². The van der Waals surface area contributed by atoms with Gasteiger partial charge >= 0.3 is 39.5 Å². The third-order valence-electron chi connectivity index (χ3n) is 21.5. The normalized spacial score (nSPS) is 14.4. The summed E-state index contributed by atoms with van der Waals surface area (Å²) in [6.07, 6.45) is 68.2. The third kappa shape index (κ3) is 79.3. The van der Waals surface area contributed by atoms with E-state index in [1.807, 2.05) is 0 Å². The number of rotatable bonds is 86. The third-order valence-corrected chi connectivity index (χ3v) is 23.4. The summed E-state index contributed by atoms with van der Waals surface area (Å²) in [5.74, 6) is 1.10. The van der Waals surface area contributed by atoms with Crippen molar-refractivity contribution in [2.24, 2.45) is 23.7 Å². The standard InChI is InChI=1S/C89H174O17P2/c1-9-81(7)67-59-51-42-36-30-24-18-13-11-12-14-19-27-33-39-45-55-64-72-89(94)106-85(76-100-87(92)70-62-54-48-47-50-58-66-80(5)6)78-104-108(97,98)102-74-83(90)73-101-107(95,96)103-77-84(75-99-86(91)69-61-53-44-38-32-26-22-21-25-31-37-43-52-60-68-82(8)10-2)105-88(93)71-63-56-46-40-34-28-20-16-15-17-23-29-35-41-49-57-65-79(3)4/h79-85,90H,9-78H2,1-8H3,(H,95,96)(H,97,98)/t81?,82?,83-,84-,85-/m1/s1. The molecule has 17 nitrogen and oxygen atoms in total. The number of aliphatic hydroxyl groups excluding tert-OH is 1. The van der Waals surface area contributed by atoms with Gasteiger partial charge in [0.2, 0.25) is 0 Å². The predicted octanol–water partition coefficient (Wildman–Crippen LogP) is 27.1. The molecule has 0 radical (unpaired) electrons. The molecule has 0 aromatic carbocycles. The molecular weight excluding hydrogens is 1400 g/mol. The van der Waals surface area contributed by atoms with E-state index in [1.165, 1.54) is 263 Å². The van der Waals surface area contributed by atoms with E-state index < -0.39 is 97.5 Å². The number of carbonyl (C=O) groups is 4. The quantitative estimate of drug-likeness (QED) is 0.0222. The van der Waals surface area contributed by atoms with Crippen molar-refractivity contribution in [3.8, 4) is 0 Å². The van der Waals surface area contributed by atoms with Gasteiger partial charge in [0.05, 0.1) is 26.4 Å². The molecule has 0 heterocycles. The number of aliphatic hydroxyl groups is 1. The number of carbonyl (C=O) groups excluding carboxylic acids is 4. The Hall–Kier alpha value is -1.94. The van der Waals surface area contributed by atoms with Gasteiger partial charge in [-0.1, -0.05) is 415 Å². The molecule has 0 bridgehead atoms. The van der Waals surface area contributed by atoms with E-state index in [2.05, 4.69) is 55.4 Å². The first-order chi connectivity index (χ1) is 52.2. The highest BCUT2D eigenvalue weighted by molar-refractivity contribution is 7.47. The maximum Gasteiger partial charge on any atom is 0.472 e. The number of unbranched alkanes of at least 4 members (excludes halogenated alkanes) is 50. The van der Waals surface area contributed by atoms with Gasteiger partial charge in [0.25, 0.3) is 0 Å². The predicted molar refractivity (Wildman–Crippen MR) is 446 cm³/mol. The molecule has 0 rings (SSSR count). The maximum absolute atomic E-state index is 13.2. The van der Waals surface area contributed by atoms with Gasteiger partial charge in [0.1, 0.15) is 19.3 Å². The minimum absolute atomic E-state index is 0.107. The lowest BCUT2D eigenvalue weighted by Gasteiger charge is -2.21. The lowest BCUT2D eigenvalue weighted by atomic mass is 9.99. The van der Waals surface area contributed by atoms with Crippen LogP contribution in [0.15, 0.2) is 0 Å². The van der Waals surface area contributed by atoms with Crippen LogP contribution in [0.2, 0.25) is 0 Å². The van der Waals surface area contributed by atoms with Crippen LogP contribution in [-0.2, 0) is 65.4 Å². The van der Waals surface area contributed by atoms with Crippen molar-refractivity contribution in [3.05, 3.63) is 0 Å². The summed E-state index contributed by atoms with van der Waals surface area (Å²) in [5.41, 5.74) is 0. The molecule has 4 unspecified atom stereocenters. The van der Waals surface area contributed by atoms with Crippen LogP contribution in [0, 0.1) is 23.7 Å². The fraction of sp³-hybridized carbons (Fsp3) is 0.955. The number of hydrogen-bond donors (Lipinski definition) is 3. The van der Waals surface area contributed by atoms with Crippen LogP contribution in [-0.4, -0.2) is 96.7 Å². The van der Waals surface area contributed by atoms with Gasteiger partial charge in [-0.3, -0.25) is 37.3 Å². The van der Waals surface area contributed by atoms with Crippen LogP contribution in [0.1, 0.15) is 466 Å². The van der Waals surface area contributed by atoms with E-state index >= 15 is 0 Å². The highest BCUT2D eigenvalue weighted by Crippen LogP contribution is 2.45. The van der Waals surface area contributed by atoms with E-state index in [4.69, 9.17) is 37.0 Å². The topological polar surface area (TPSA) is 237 Å². The molecule has 0 aromatic rings. The van der Waals surface area contributed by atoms with Gasteiger partial charge in [-0.2, -0.15) is 0 Å². The van der Waals surface area contributed by atoms with Crippen molar-refractivity contribution in [1.82, 2.24) is 0 Å². The van der Waals surface area contributed by atoms with Gasteiger partial charge in [-0.15, -0.1) is 0 Å². The van der Waals surface area contributed by atoms with Crippen molar-refractivity contribution in [2.75, 3.05) is 39.6 Å². The second-order valence-electron chi connectivity index (χ2n) is 33.4. The maximum atomic E-state index is 13.2. The summed E-state index contributed by atoms with van der Waals surface area (Å²) < 4.78 is 68.9. The molecule has 0 saturated carbocycles. The molecule has 0 aliphatic rings. The summed E-state index contributed by atoms with van der Waals surface area (Å²) in [6.45, 7) is 14.4. The molecule has 0 amide bonds. The molecule has 3 N–H and O–H groups in total. The van der Waals surface area contributed by atoms with Gasteiger partial charge < -0.3 is 33.8 Å². The highest BCUT2D eigenvalue weighted by atomic mass is 31.2. The lowest BCUT2D eigenvalue weighted by Crippen LogP contribution is -2.30. The molecule has 0 spiro atoms. The van der Waals surface area contributed by atoms with Crippen LogP contribution < -0.4 is 0 Å². The zero-order chi connectivity index (χ0) is 79.5. The Morgan fingerprint density at radius 2 is 0.444 bits per heavy atom. The van der Waals surface area contributed by atoms with Crippen LogP contribution in [0.3, 0.4) is 0 Å². The van der Waals surface area contributed by atoms with Crippen molar-refractivity contribution < 1.29 is 80.2 Å². The van der Waals surface area contributed by atoms with E-state index in [1.54, 1.807) is 0 Å². The van der Waals surface area contributed by atoms with Gasteiger partial charge in [0.15, 0.2) is 12.2 Å². The van der Waals surface area contributed by atoms with Crippen molar-refractivity contribution in [3.63, 3.8) is 0 Å². The minimum atomic E-state index is -4.97. The number of phosphoric ester groups is 2. The molecule has 108 heavy (non-hydrogen) atoms. The van der Waals surface area contributed by atoms with Crippen molar-refractivity contribution in [2.45, 2.75) is 485 Å². The van der Waals surface area contributed by atoms with Crippen LogP contribution in [0.5, 0.6) is 0 Å². The molecule has 7 atom stereocenters. The van der Waals surface area contributed by atoms with Gasteiger partial charge in [0, 0.05) is 25.7 Å². The molecule has 0 saturated heterocycles. The summed E-state index contributed by atoms with van der Waals surface area (Å²) in [5, 5.41) is 10.7. The van der Waals surface area contributed by atoms with Crippen molar-refractivity contribution >= 4 is 39.5 Å². The SMILES string of the molecule is CCC(C)CCCCCCCCCCCCCCCCCCCCC(=O)O[C@H](COC(=O)CCCCCCCCC(C)C)COP(=O)(O)OC[C@H](O)COP(=O)(O)OC[C@@H](COC(=O)CCCCCCCCCCCCCCCCC(C)CC)OC(=O)CCCCCCCCCCCCCCCCCCC(C)C. The Morgan fingerprint density at radius 1 is 0.259 bits per heavy atom. The molecule has 0 aliphatic carbocycles. The Morgan fingerprint density at radius 3 is 0.657 bits per heavy atom. The Balaban J connectivity index is 5.19. The number of hydrogen-bond acceptors (Lipinski definition) is 15. The Bertz CT molecular complexity index is 2100. The lowest BCUT2D eigenvalue weighted by molar-refractivity contribution is -0.161. The second kappa shape index (κ2) is 77.6. The Kier molecular flexibility index (Phi) is 76.2. The molecule has 0 fully saturated rings. The highest BCUT2D eigenvalue weighted by Gasteiger charge is 2.31. The summed E-state index contributed by atoms with van der Waals surface area (Å²) >= 11 is 0. The van der Waals surface area contributed by atoms with Gasteiger partial charge in [-0.25, -0.2) is 9.13 Å². The molecule has 642 valence electrons. The zero-order valence-corrected chi connectivity index (χ0v) is 73.3. The minimum Gasteiger partial charge on any atom is -0.462 e. The smallest absolute Gasteiger partial charge is 0.462 e. The molecular formula is C89H174O17P2. The summed E-state index contributed by atoms with van der Waals surface area (Å²) in [7, 11) is -9.93. The average molecular weight is 1580 g/mol. The van der Waals surface area contributed by atoms with E-state index in [-0.39, 0.29) is 25.7 Å². The van der Waals surface area contributed by atoms with E-state index in [9.17, 15) is 43.2 Å². The fourth-order valence-electron chi connectivity index (χ4n) is 13.8. The van der Waals surface area contributed by atoms with E-state index in [0.29, 0.717) is 31.6 Å². The number of esters is 4. The molecule has 19 heteroatoms. The number of ether oxygens (including phenoxy) is 4. The first kappa shape index (κ1) is 106. The summed E-state index contributed by atoms with van der Waals surface area (Å²) in [4.78, 5) is 73.3. The van der Waals surface area contributed by atoms with Crippen LogP contribution in [0.25, 0.3) is 0 Å². The monoisotopic (exact) mass is 1580 g/mol.